The molecule has 0 bridgehead atoms. The lowest BCUT2D eigenvalue weighted by atomic mass is 10.1. The van der Waals surface area contributed by atoms with E-state index >= 15 is 0 Å². The molecular weight excluding hydrogens is 316 g/mol. The molecule has 6 heteroatoms. The number of aromatic nitrogens is 3. The summed E-state index contributed by atoms with van der Waals surface area (Å²) in [6.07, 6.45) is 0.347. The minimum Gasteiger partial charge on any atom is -0.497 e. The molecule has 0 atom stereocenters. The summed E-state index contributed by atoms with van der Waals surface area (Å²) in [7, 11) is 1.62. The average molecular weight is 336 g/mol. The van der Waals surface area contributed by atoms with Crippen LogP contribution in [-0.4, -0.2) is 28.2 Å². The molecule has 6 nitrogen and oxygen atoms in total. The number of nitrogens with one attached hydrogen (secondary N) is 2. The summed E-state index contributed by atoms with van der Waals surface area (Å²) in [5, 5.41) is 9.89. The van der Waals surface area contributed by atoms with Crippen LogP contribution in [0.4, 0.5) is 0 Å². The maximum absolute atomic E-state index is 12.0. The van der Waals surface area contributed by atoms with E-state index in [4.69, 9.17) is 4.74 Å². The number of hydrogen-bond acceptors (Lipinski definition) is 4. The molecule has 0 fully saturated rings. The van der Waals surface area contributed by atoms with Crippen molar-refractivity contribution in [3.05, 3.63) is 65.5 Å². The van der Waals surface area contributed by atoms with Gasteiger partial charge in [0.2, 0.25) is 5.91 Å². The Morgan fingerprint density at radius 2 is 1.84 bits per heavy atom. The van der Waals surface area contributed by atoms with Gasteiger partial charge in [-0.3, -0.25) is 9.89 Å². The lowest BCUT2D eigenvalue weighted by Gasteiger charge is -2.03. The van der Waals surface area contributed by atoms with Crippen molar-refractivity contribution in [1.29, 1.82) is 0 Å². The van der Waals surface area contributed by atoms with Gasteiger partial charge in [-0.15, -0.1) is 0 Å². The van der Waals surface area contributed by atoms with Crippen molar-refractivity contribution in [2.75, 3.05) is 7.11 Å². The highest BCUT2D eigenvalue weighted by Crippen LogP contribution is 2.18. The molecule has 0 saturated carbocycles. The molecule has 0 aliphatic heterocycles. The fraction of sp³-hybridized carbons (Fsp3) is 0.211. The fourth-order valence-electron chi connectivity index (χ4n) is 2.38. The Hall–Kier alpha value is -3.15. The van der Waals surface area contributed by atoms with Crippen LogP contribution in [0.5, 0.6) is 5.75 Å². The zero-order valence-electron chi connectivity index (χ0n) is 14.2. The quantitative estimate of drug-likeness (QED) is 0.725. The summed E-state index contributed by atoms with van der Waals surface area (Å²) in [6, 6.07) is 15.4. The summed E-state index contributed by atoms with van der Waals surface area (Å²) < 4.78 is 5.13. The molecule has 0 saturated heterocycles. The van der Waals surface area contributed by atoms with Crippen molar-refractivity contribution >= 4 is 5.91 Å². The van der Waals surface area contributed by atoms with Crippen LogP contribution in [0, 0.1) is 6.92 Å². The molecule has 0 spiro atoms. The van der Waals surface area contributed by atoms with Crippen LogP contribution in [0.15, 0.2) is 48.5 Å². The number of aromatic amines is 1. The topological polar surface area (TPSA) is 79.9 Å². The molecule has 0 radical (unpaired) electrons. The molecule has 0 aliphatic carbocycles. The van der Waals surface area contributed by atoms with Crippen molar-refractivity contribution in [1.82, 2.24) is 20.5 Å². The highest BCUT2D eigenvalue weighted by Gasteiger charge is 2.08. The lowest BCUT2D eigenvalue weighted by molar-refractivity contribution is -0.120. The zero-order chi connectivity index (χ0) is 17.6. The Balaban J connectivity index is 1.55. The van der Waals surface area contributed by atoms with Crippen LogP contribution >= 0.6 is 0 Å². The first-order valence-electron chi connectivity index (χ1n) is 8.02. The second-order valence-corrected chi connectivity index (χ2v) is 5.77. The number of methoxy groups -OCH3 is 1. The largest absolute Gasteiger partial charge is 0.497 e. The van der Waals surface area contributed by atoms with Gasteiger partial charge in [0.15, 0.2) is 5.82 Å². The number of aryl methyl sites for hydroxylation is 1. The van der Waals surface area contributed by atoms with Gasteiger partial charge in [0.05, 0.1) is 20.1 Å². The molecular formula is C19H20N4O2. The Labute approximate surface area is 146 Å². The summed E-state index contributed by atoms with van der Waals surface area (Å²) in [4.78, 5) is 16.4. The Kier molecular flexibility index (Phi) is 5.09. The van der Waals surface area contributed by atoms with Gasteiger partial charge < -0.3 is 10.1 Å². The van der Waals surface area contributed by atoms with E-state index in [1.54, 1.807) is 7.11 Å². The predicted molar refractivity (Wildman–Crippen MR) is 95.1 cm³/mol. The normalized spacial score (nSPS) is 10.5. The maximum atomic E-state index is 12.0. The van der Waals surface area contributed by atoms with Gasteiger partial charge in [-0.1, -0.05) is 29.8 Å². The van der Waals surface area contributed by atoms with E-state index in [0.717, 1.165) is 16.9 Å². The van der Waals surface area contributed by atoms with E-state index in [0.29, 0.717) is 24.6 Å². The molecule has 2 N–H and O–H groups in total. The average Bonchev–Trinajstić information content (AvgIpc) is 3.11. The van der Waals surface area contributed by atoms with Crippen molar-refractivity contribution in [2.24, 2.45) is 0 Å². The summed E-state index contributed by atoms with van der Waals surface area (Å²) >= 11 is 0. The number of carbonyl (C=O) groups excluding carboxylic acids is 1. The van der Waals surface area contributed by atoms with Crippen molar-refractivity contribution in [3.8, 4) is 17.1 Å². The number of H-pyrrole nitrogens is 1. The van der Waals surface area contributed by atoms with Crippen molar-refractivity contribution < 1.29 is 9.53 Å². The van der Waals surface area contributed by atoms with Gasteiger partial charge in [0, 0.05) is 5.56 Å². The minimum absolute atomic E-state index is 0.0498. The summed E-state index contributed by atoms with van der Waals surface area (Å²) in [6.45, 7) is 2.34. The third-order valence-corrected chi connectivity index (χ3v) is 3.82. The monoisotopic (exact) mass is 336 g/mol. The van der Waals surface area contributed by atoms with E-state index < -0.39 is 0 Å². The number of benzene rings is 2. The SMILES string of the molecule is COc1ccc(-c2n[nH]c(CNC(=O)Cc3ccc(C)cc3)n2)cc1. The standard InChI is InChI=1S/C19H20N4O2/c1-13-3-5-14(6-4-13)11-18(24)20-12-17-21-19(23-22-17)15-7-9-16(25-2)10-8-15/h3-10H,11-12H2,1-2H3,(H,20,24)(H,21,22,23). The van der Waals surface area contributed by atoms with Crippen LogP contribution in [0.3, 0.4) is 0 Å². The molecule has 0 aliphatic rings. The van der Waals surface area contributed by atoms with Gasteiger partial charge in [0.25, 0.3) is 0 Å². The summed E-state index contributed by atoms with van der Waals surface area (Å²) in [5.41, 5.74) is 3.05. The molecule has 2 aromatic carbocycles. The number of hydrogen-bond donors (Lipinski definition) is 2. The van der Waals surface area contributed by atoms with E-state index in [-0.39, 0.29) is 5.91 Å². The maximum Gasteiger partial charge on any atom is 0.224 e. The smallest absolute Gasteiger partial charge is 0.224 e. The molecule has 1 aromatic heterocycles. The van der Waals surface area contributed by atoms with Gasteiger partial charge in [0.1, 0.15) is 11.6 Å². The second-order valence-electron chi connectivity index (χ2n) is 5.77. The number of nitrogens with zero attached hydrogens (tertiary/aromatic N) is 2. The lowest BCUT2D eigenvalue weighted by Crippen LogP contribution is -2.25. The molecule has 25 heavy (non-hydrogen) atoms. The van der Waals surface area contributed by atoms with Crippen LogP contribution in [0.25, 0.3) is 11.4 Å². The van der Waals surface area contributed by atoms with Gasteiger partial charge in [-0.2, -0.15) is 5.10 Å². The highest BCUT2D eigenvalue weighted by molar-refractivity contribution is 5.78. The molecule has 1 heterocycles. The van der Waals surface area contributed by atoms with Gasteiger partial charge >= 0.3 is 0 Å². The second kappa shape index (κ2) is 7.61. The van der Waals surface area contributed by atoms with E-state index in [2.05, 4.69) is 20.5 Å². The first-order chi connectivity index (χ1) is 12.1. The van der Waals surface area contributed by atoms with Crippen LogP contribution in [-0.2, 0) is 17.8 Å². The molecule has 3 aromatic rings. The van der Waals surface area contributed by atoms with E-state index in [1.807, 2.05) is 55.5 Å². The van der Waals surface area contributed by atoms with E-state index in [9.17, 15) is 4.79 Å². The molecule has 0 unspecified atom stereocenters. The first-order valence-corrected chi connectivity index (χ1v) is 8.02. The van der Waals surface area contributed by atoms with Crippen molar-refractivity contribution in [2.45, 2.75) is 19.9 Å². The van der Waals surface area contributed by atoms with E-state index in [1.165, 1.54) is 5.56 Å². The van der Waals surface area contributed by atoms with Gasteiger partial charge in [-0.05, 0) is 36.8 Å². The number of amides is 1. The third kappa shape index (κ3) is 4.44. The third-order valence-electron chi connectivity index (χ3n) is 3.82. The fourth-order valence-corrected chi connectivity index (χ4v) is 2.38. The predicted octanol–water partition coefficient (Wildman–Crippen LogP) is 2.65. The Morgan fingerprint density at radius 1 is 1.12 bits per heavy atom. The molecule has 3 rings (SSSR count). The number of carbonyl (C=O) groups is 1. The first kappa shape index (κ1) is 16.7. The zero-order valence-corrected chi connectivity index (χ0v) is 14.2. The number of rotatable bonds is 6. The Bertz CT molecular complexity index is 839. The van der Waals surface area contributed by atoms with Crippen molar-refractivity contribution in [3.63, 3.8) is 0 Å². The van der Waals surface area contributed by atoms with Gasteiger partial charge in [-0.25, -0.2) is 4.98 Å². The minimum atomic E-state index is -0.0498. The molecule has 1 amide bonds. The molecule has 128 valence electrons. The number of ether oxygens (including phenoxy) is 1. The Morgan fingerprint density at radius 3 is 2.52 bits per heavy atom. The highest BCUT2D eigenvalue weighted by atomic mass is 16.5. The summed E-state index contributed by atoms with van der Waals surface area (Å²) in [5.74, 6) is 1.93. The van der Waals surface area contributed by atoms with Crippen LogP contribution in [0.1, 0.15) is 17.0 Å². The van der Waals surface area contributed by atoms with Crippen LogP contribution < -0.4 is 10.1 Å². The van der Waals surface area contributed by atoms with Crippen LogP contribution in [0.2, 0.25) is 0 Å².